The Morgan fingerprint density at radius 1 is 1.14 bits per heavy atom. The van der Waals surface area contributed by atoms with Gasteiger partial charge in [0.05, 0.1) is 7.11 Å². The summed E-state index contributed by atoms with van der Waals surface area (Å²) in [6, 6.07) is 14.8. The standard InChI is InChI=1S/C21H21ClN4O2/c1-14-10-16(22)6-7-18(14)26-21(27)19-12-20(25-13-24-19)23-9-8-15-4-3-5-17(11-15)28-2/h3-7,10-13H,8-9H2,1-2H3,(H,26,27)(H,23,24,25). The van der Waals surface area contributed by atoms with E-state index in [-0.39, 0.29) is 11.6 Å². The average Bonchev–Trinajstić information content (AvgIpc) is 2.70. The summed E-state index contributed by atoms with van der Waals surface area (Å²) in [7, 11) is 1.65. The third-order valence-corrected chi connectivity index (χ3v) is 4.43. The van der Waals surface area contributed by atoms with E-state index < -0.39 is 0 Å². The third-order valence-electron chi connectivity index (χ3n) is 4.19. The van der Waals surface area contributed by atoms with E-state index in [1.807, 2.05) is 31.2 Å². The first-order valence-electron chi connectivity index (χ1n) is 8.81. The first-order chi connectivity index (χ1) is 13.5. The molecule has 144 valence electrons. The van der Waals surface area contributed by atoms with Crippen LogP contribution in [-0.2, 0) is 6.42 Å². The van der Waals surface area contributed by atoms with Crippen molar-refractivity contribution in [2.75, 3.05) is 24.3 Å². The van der Waals surface area contributed by atoms with Crippen LogP contribution in [0.4, 0.5) is 11.5 Å². The summed E-state index contributed by atoms with van der Waals surface area (Å²) in [4.78, 5) is 20.7. The van der Waals surface area contributed by atoms with Crippen LogP contribution >= 0.6 is 11.6 Å². The minimum atomic E-state index is -0.302. The minimum absolute atomic E-state index is 0.285. The van der Waals surface area contributed by atoms with Crippen molar-refractivity contribution in [2.45, 2.75) is 13.3 Å². The lowest BCUT2D eigenvalue weighted by Crippen LogP contribution is -2.15. The van der Waals surface area contributed by atoms with Crippen molar-refractivity contribution in [1.82, 2.24) is 9.97 Å². The fraction of sp³-hybridized carbons (Fsp3) is 0.190. The Morgan fingerprint density at radius 3 is 2.79 bits per heavy atom. The number of aryl methyl sites for hydroxylation is 1. The van der Waals surface area contributed by atoms with Crippen LogP contribution in [0.1, 0.15) is 21.6 Å². The number of hydrogen-bond acceptors (Lipinski definition) is 5. The molecule has 0 spiro atoms. The van der Waals surface area contributed by atoms with Crippen molar-refractivity contribution in [3.8, 4) is 5.75 Å². The molecule has 0 atom stereocenters. The molecule has 1 aromatic heterocycles. The summed E-state index contributed by atoms with van der Waals surface area (Å²) < 4.78 is 5.23. The first kappa shape index (κ1) is 19.6. The molecular formula is C21H21ClN4O2. The lowest BCUT2D eigenvalue weighted by atomic mass is 10.1. The molecule has 0 saturated carbocycles. The molecule has 0 aliphatic rings. The molecule has 0 unspecified atom stereocenters. The number of aromatic nitrogens is 2. The number of carbonyl (C=O) groups excluding carboxylic acids is 1. The second kappa shape index (κ2) is 9.19. The number of nitrogens with one attached hydrogen (secondary N) is 2. The number of rotatable bonds is 7. The zero-order valence-corrected chi connectivity index (χ0v) is 16.5. The molecule has 7 heteroatoms. The van der Waals surface area contributed by atoms with E-state index in [1.54, 1.807) is 31.4 Å². The maximum Gasteiger partial charge on any atom is 0.274 e. The topological polar surface area (TPSA) is 76.1 Å². The highest BCUT2D eigenvalue weighted by Gasteiger charge is 2.11. The Labute approximate surface area is 168 Å². The van der Waals surface area contributed by atoms with Crippen molar-refractivity contribution in [3.05, 3.63) is 76.7 Å². The maximum atomic E-state index is 12.5. The van der Waals surface area contributed by atoms with Crippen molar-refractivity contribution in [2.24, 2.45) is 0 Å². The van der Waals surface area contributed by atoms with Crippen LogP contribution < -0.4 is 15.4 Å². The highest BCUT2D eigenvalue weighted by molar-refractivity contribution is 6.30. The van der Waals surface area contributed by atoms with Crippen LogP contribution in [0.3, 0.4) is 0 Å². The van der Waals surface area contributed by atoms with Gasteiger partial charge in [0.2, 0.25) is 0 Å². The van der Waals surface area contributed by atoms with Crippen molar-refractivity contribution >= 4 is 29.0 Å². The molecule has 0 aliphatic heterocycles. The third kappa shape index (κ3) is 5.20. The second-order valence-corrected chi connectivity index (χ2v) is 6.67. The summed E-state index contributed by atoms with van der Waals surface area (Å²) >= 11 is 5.95. The molecule has 3 aromatic rings. The van der Waals surface area contributed by atoms with Gasteiger partial charge in [0.15, 0.2) is 0 Å². The highest BCUT2D eigenvalue weighted by atomic mass is 35.5. The zero-order valence-electron chi connectivity index (χ0n) is 15.7. The fourth-order valence-corrected chi connectivity index (χ4v) is 2.92. The molecule has 0 aliphatic carbocycles. The molecule has 0 radical (unpaired) electrons. The monoisotopic (exact) mass is 396 g/mol. The van der Waals surface area contributed by atoms with Gasteiger partial charge in [0.1, 0.15) is 23.6 Å². The molecule has 28 heavy (non-hydrogen) atoms. The average molecular weight is 397 g/mol. The number of halogens is 1. The summed E-state index contributed by atoms with van der Waals surface area (Å²) in [5, 5.41) is 6.69. The first-order valence-corrected chi connectivity index (χ1v) is 9.19. The SMILES string of the molecule is COc1cccc(CCNc2cc(C(=O)Nc3ccc(Cl)cc3C)ncn2)c1. The summed E-state index contributed by atoms with van der Waals surface area (Å²) in [6.45, 7) is 2.55. The number of anilines is 2. The van der Waals surface area contributed by atoms with Crippen LogP contribution in [0.2, 0.25) is 5.02 Å². The number of methoxy groups -OCH3 is 1. The normalized spacial score (nSPS) is 10.4. The van der Waals surface area contributed by atoms with E-state index >= 15 is 0 Å². The van der Waals surface area contributed by atoms with Gasteiger partial charge in [-0.05, 0) is 54.8 Å². The lowest BCUT2D eigenvalue weighted by molar-refractivity contribution is 0.102. The molecular weight excluding hydrogens is 376 g/mol. The highest BCUT2D eigenvalue weighted by Crippen LogP contribution is 2.20. The van der Waals surface area contributed by atoms with E-state index in [2.05, 4.69) is 20.6 Å². The Hall–Kier alpha value is -3.12. The summed E-state index contributed by atoms with van der Waals surface area (Å²) in [5.74, 6) is 1.12. The summed E-state index contributed by atoms with van der Waals surface area (Å²) in [6.07, 6.45) is 2.17. The number of ether oxygens (including phenoxy) is 1. The predicted molar refractivity (Wildman–Crippen MR) is 111 cm³/mol. The number of hydrogen-bond donors (Lipinski definition) is 2. The zero-order chi connectivity index (χ0) is 19.9. The molecule has 2 aromatic carbocycles. The van der Waals surface area contributed by atoms with Gasteiger partial charge in [0.25, 0.3) is 5.91 Å². The number of nitrogens with zero attached hydrogens (tertiary/aromatic N) is 2. The van der Waals surface area contributed by atoms with Crippen molar-refractivity contribution < 1.29 is 9.53 Å². The van der Waals surface area contributed by atoms with Gasteiger partial charge in [-0.15, -0.1) is 0 Å². The molecule has 6 nitrogen and oxygen atoms in total. The quantitative estimate of drug-likeness (QED) is 0.620. The fourth-order valence-electron chi connectivity index (χ4n) is 2.69. The van der Waals surface area contributed by atoms with Crippen LogP contribution in [-0.4, -0.2) is 29.5 Å². The Kier molecular flexibility index (Phi) is 6.45. The van der Waals surface area contributed by atoms with Gasteiger partial charge in [-0.2, -0.15) is 0 Å². The van der Waals surface area contributed by atoms with Gasteiger partial charge in [-0.1, -0.05) is 23.7 Å². The molecule has 0 fully saturated rings. The Balaban J connectivity index is 1.60. The molecule has 2 N–H and O–H groups in total. The van der Waals surface area contributed by atoms with E-state index in [0.29, 0.717) is 23.1 Å². The van der Waals surface area contributed by atoms with Crippen molar-refractivity contribution in [1.29, 1.82) is 0 Å². The predicted octanol–water partition coefficient (Wildman–Crippen LogP) is 4.35. The molecule has 1 amide bonds. The molecule has 1 heterocycles. The largest absolute Gasteiger partial charge is 0.497 e. The van der Waals surface area contributed by atoms with E-state index in [9.17, 15) is 4.79 Å². The van der Waals surface area contributed by atoms with Crippen LogP contribution in [0.5, 0.6) is 5.75 Å². The number of benzene rings is 2. The molecule has 0 bridgehead atoms. The minimum Gasteiger partial charge on any atom is -0.497 e. The Bertz CT molecular complexity index is 978. The number of amides is 1. The lowest BCUT2D eigenvalue weighted by Gasteiger charge is -2.10. The van der Waals surface area contributed by atoms with E-state index in [1.165, 1.54) is 6.33 Å². The van der Waals surface area contributed by atoms with Gasteiger partial charge in [-0.25, -0.2) is 9.97 Å². The second-order valence-electron chi connectivity index (χ2n) is 6.23. The van der Waals surface area contributed by atoms with Crippen LogP contribution in [0.25, 0.3) is 0 Å². The van der Waals surface area contributed by atoms with Gasteiger partial charge in [-0.3, -0.25) is 4.79 Å². The summed E-state index contributed by atoms with van der Waals surface area (Å²) in [5.41, 5.74) is 3.01. The van der Waals surface area contributed by atoms with Gasteiger partial charge >= 0.3 is 0 Å². The molecule has 0 saturated heterocycles. The van der Waals surface area contributed by atoms with Crippen molar-refractivity contribution in [3.63, 3.8) is 0 Å². The Morgan fingerprint density at radius 2 is 2.00 bits per heavy atom. The number of carbonyl (C=O) groups is 1. The van der Waals surface area contributed by atoms with Gasteiger partial charge in [0, 0.05) is 23.3 Å². The maximum absolute atomic E-state index is 12.5. The van der Waals surface area contributed by atoms with E-state index in [0.717, 1.165) is 23.3 Å². The van der Waals surface area contributed by atoms with E-state index in [4.69, 9.17) is 16.3 Å². The molecule has 3 rings (SSSR count). The van der Waals surface area contributed by atoms with Gasteiger partial charge < -0.3 is 15.4 Å². The van der Waals surface area contributed by atoms with Crippen LogP contribution in [0, 0.1) is 6.92 Å². The van der Waals surface area contributed by atoms with Crippen LogP contribution in [0.15, 0.2) is 54.9 Å². The smallest absolute Gasteiger partial charge is 0.274 e.